The molecule has 96 valence electrons. The monoisotopic (exact) mass is 237 g/mol. The van der Waals surface area contributed by atoms with Gasteiger partial charge in [0, 0.05) is 11.6 Å². The molecule has 0 amide bonds. The average molecular weight is 237 g/mol. The molecule has 0 heterocycles. The van der Waals surface area contributed by atoms with E-state index in [-0.39, 0.29) is 6.04 Å². The van der Waals surface area contributed by atoms with Crippen molar-refractivity contribution in [1.82, 2.24) is 0 Å². The molecule has 1 rings (SSSR count). The number of hydrogen-bond donors (Lipinski definition) is 1. The summed E-state index contributed by atoms with van der Waals surface area (Å²) >= 11 is 0. The number of methoxy groups -OCH3 is 2. The maximum atomic E-state index is 6.21. The molecular formula is C14H23NO2. The van der Waals surface area contributed by atoms with Crippen LogP contribution in [0.25, 0.3) is 0 Å². The molecule has 0 spiro atoms. The minimum Gasteiger partial charge on any atom is -0.496 e. The second-order valence-corrected chi connectivity index (χ2v) is 4.80. The van der Waals surface area contributed by atoms with E-state index in [1.54, 1.807) is 14.2 Å². The van der Waals surface area contributed by atoms with Gasteiger partial charge in [-0.15, -0.1) is 0 Å². The standard InChI is InChI=1S/C14H23NO2/c1-9(2)6-12(15)11-8-13(16-4)10(3)7-14(11)17-5/h7-9,12H,6,15H2,1-5H3. The normalized spacial score (nSPS) is 12.6. The fourth-order valence-electron chi connectivity index (χ4n) is 2.00. The number of rotatable bonds is 5. The molecule has 0 saturated heterocycles. The summed E-state index contributed by atoms with van der Waals surface area (Å²) in [5.74, 6) is 2.26. The fraction of sp³-hybridized carbons (Fsp3) is 0.571. The average Bonchev–Trinajstić information content (AvgIpc) is 2.27. The lowest BCUT2D eigenvalue weighted by Crippen LogP contribution is -2.14. The van der Waals surface area contributed by atoms with Gasteiger partial charge in [-0.1, -0.05) is 13.8 Å². The van der Waals surface area contributed by atoms with Gasteiger partial charge in [-0.25, -0.2) is 0 Å². The van der Waals surface area contributed by atoms with Crippen LogP contribution in [0.4, 0.5) is 0 Å². The summed E-state index contributed by atoms with van der Waals surface area (Å²) in [6.45, 7) is 6.33. The smallest absolute Gasteiger partial charge is 0.124 e. The Kier molecular flexibility index (Phi) is 4.82. The van der Waals surface area contributed by atoms with Gasteiger partial charge in [0.15, 0.2) is 0 Å². The van der Waals surface area contributed by atoms with Crippen LogP contribution in [0.5, 0.6) is 11.5 Å². The van der Waals surface area contributed by atoms with Crippen molar-refractivity contribution in [3.05, 3.63) is 23.3 Å². The number of benzene rings is 1. The van der Waals surface area contributed by atoms with Crippen LogP contribution in [0.15, 0.2) is 12.1 Å². The Bertz CT molecular complexity index is 375. The van der Waals surface area contributed by atoms with Gasteiger partial charge in [-0.3, -0.25) is 0 Å². The van der Waals surface area contributed by atoms with E-state index in [1.165, 1.54) is 0 Å². The number of nitrogens with two attached hydrogens (primary N) is 1. The molecular weight excluding hydrogens is 214 g/mol. The lowest BCUT2D eigenvalue weighted by atomic mass is 9.96. The summed E-state index contributed by atoms with van der Waals surface area (Å²) in [6.07, 6.45) is 0.933. The Labute approximate surface area is 104 Å². The van der Waals surface area contributed by atoms with E-state index in [1.807, 2.05) is 19.1 Å². The molecule has 3 heteroatoms. The van der Waals surface area contributed by atoms with Crippen LogP contribution in [-0.2, 0) is 0 Å². The summed E-state index contributed by atoms with van der Waals surface area (Å²) in [4.78, 5) is 0. The van der Waals surface area contributed by atoms with Crippen LogP contribution in [0.3, 0.4) is 0 Å². The molecule has 17 heavy (non-hydrogen) atoms. The molecule has 0 aliphatic heterocycles. The summed E-state index contributed by atoms with van der Waals surface area (Å²) in [5, 5.41) is 0. The van der Waals surface area contributed by atoms with Crippen molar-refractivity contribution in [2.75, 3.05) is 14.2 Å². The highest BCUT2D eigenvalue weighted by Gasteiger charge is 2.16. The molecule has 0 saturated carbocycles. The zero-order valence-corrected chi connectivity index (χ0v) is 11.4. The molecule has 0 radical (unpaired) electrons. The summed E-state index contributed by atoms with van der Waals surface area (Å²) < 4.78 is 10.7. The summed E-state index contributed by atoms with van der Waals surface area (Å²) in [6, 6.07) is 3.95. The Hall–Kier alpha value is -1.22. The van der Waals surface area contributed by atoms with E-state index in [9.17, 15) is 0 Å². The molecule has 1 atom stereocenters. The van der Waals surface area contributed by atoms with Gasteiger partial charge < -0.3 is 15.2 Å². The minimum atomic E-state index is -0.0144. The quantitative estimate of drug-likeness (QED) is 0.856. The Balaban J connectivity index is 3.11. The van der Waals surface area contributed by atoms with Gasteiger partial charge in [0.1, 0.15) is 11.5 Å². The van der Waals surface area contributed by atoms with E-state index in [0.717, 1.165) is 29.0 Å². The Morgan fingerprint density at radius 3 is 2.18 bits per heavy atom. The van der Waals surface area contributed by atoms with E-state index < -0.39 is 0 Å². The Morgan fingerprint density at radius 1 is 1.12 bits per heavy atom. The van der Waals surface area contributed by atoms with Crippen molar-refractivity contribution < 1.29 is 9.47 Å². The van der Waals surface area contributed by atoms with E-state index in [0.29, 0.717) is 5.92 Å². The van der Waals surface area contributed by atoms with Crippen molar-refractivity contribution >= 4 is 0 Å². The van der Waals surface area contributed by atoms with Crippen LogP contribution in [0, 0.1) is 12.8 Å². The van der Waals surface area contributed by atoms with E-state index in [4.69, 9.17) is 15.2 Å². The first-order valence-corrected chi connectivity index (χ1v) is 5.97. The predicted octanol–water partition coefficient (Wildman–Crippen LogP) is 3.06. The molecule has 1 aromatic rings. The Morgan fingerprint density at radius 2 is 1.71 bits per heavy atom. The molecule has 0 bridgehead atoms. The lowest BCUT2D eigenvalue weighted by molar-refractivity contribution is 0.388. The van der Waals surface area contributed by atoms with Gasteiger partial charge in [0.05, 0.1) is 14.2 Å². The second-order valence-electron chi connectivity index (χ2n) is 4.80. The van der Waals surface area contributed by atoms with Gasteiger partial charge in [-0.2, -0.15) is 0 Å². The zero-order valence-electron chi connectivity index (χ0n) is 11.4. The number of hydrogen-bond acceptors (Lipinski definition) is 3. The minimum absolute atomic E-state index is 0.0144. The topological polar surface area (TPSA) is 44.5 Å². The van der Waals surface area contributed by atoms with Crippen LogP contribution in [0.1, 0.15) is 37.4 Å². The third-order valence-corrected chi connectivity index (χ3v) is 2.87. The molecule has 2 N–H and O–H groups in total. The lowest BCUT2D eigenvalue weighted by Gasteiger charge is -2.19. The highest BCUT2D eigenvalue weighted by molar-refractivity contribution is 5.47. The molecule has 0 aliphatic carbocycles. The van der Waals surface area contributed by atoms with E-state index in [2.05, 4.69) is 13.8 Å². The van der Waals surface area contributed by atoms with Crippen molar-refractivity contribution in [2.24, 2.45) is 11.7 Å². The summed E-state index contributed by atoms with van der Waals surface area (Å²) in [5.41, 5.74) is 8.29. The molecule has 0 aliphatic rings. The largest absolute Gasteiger partial charge is 0.496 e. The molecule has 0 fully saturated rings. The maximum Gasteiger partial charge on any atom is 0.124 e. The zero-order chi connectivity index (χ0) is 13.0. The van der Waals surface area contributed by atoms with Crippen LogP contribution in [0.2, 0.25) is 0 Å². The molecule has 0 aromatic heterocycles. The first kappa shape index (κ1) is 13.8. The third-order valence-electron chi connectivity index (χ3n) is 2.87. The van der Waals surface area contributed by atoms with Crippen LogP contribution >= 0.6 is 0 Å². The number of ether oxygens (including phenoxy) is 2. The second kappa shape index (κ2) is 5.92. The number of aryl methyl sites for hydroxylation is 1. The van der Waals surface area contributed by atoms with Crippen LogP contribution < -0.4 is 15.2 Å². The van der Waals surface area contributed by atoms with Gasteiger partial charge in [-0.05, 0) is 37.0 Å². The van der Waals surface area contributed by atoms with Crippen molar-refractivity contribution in [1.29, 1.82) is 0 Å². The van der Waals surface area contributed by atoms with Gasteiger partial charge >= 0.3 is 0 Å². The van der Waals surface area contributed by atoms with Crippen molar-refractivity contribution in [2.45, 2.75) is 33.2 Å². The van der Waals surface area contributed by atoms with E-state index >= 15 is 0 Å². The molecule has 3 nitrogen and oxygen atoms in total. The van der Waals surface area contributed by atoms with Crippen molar-refractivity contribution in [3.8, 4) is 11.5 Å². The first-order valence-electron chi connectivity index (χ1n) is 5.97. The maximum absolute atomic E-state index is 6.21. The summed E-state index contributed by atoms with van der Waals surface area (Å²) in [7, 11) is 3.35. The van der Waals surface area contributed by atoms with Gasteiger partial charge in [0.25, 0.3) is 0 Å². The SMILES string of the molecule is COc1cc(C(N)CC(C)C)c(OC)cc1C. The van der Waals surface area contributed by atoms with Crippen LogP contribution in [-0.4, -0.2) is 14.2 Å². The predicted molar refractivity (Wildman–Crippen MR) is 70.7 cm³/mol. The molecule has 1 unspecified atom stereocenters. The van der Waals surface area contributed by atoms with Gasteiger partial charge in [0.2, 0.25) is 0 Å². The third kappa shape index (κ3) is 3.37. The molecule has 1 aromatic carbocycles. The fourth-order valence-corrected chi connectivity index (χ4v) is 2.00. The first-order chi connectivity index (χ1) is 7.99. The highest BCUT2D eigenvalue weighted by Crippen LogP contribution is 2.33. The highest BCUT2D eigenvalue weighted by atomic mass is 16.5. The van der Waals surface area contributed by atoms with Crippen molar-refractivity contribution in [3.63, 3.8) is 0 Å².